The Morgan fingerprint density at radius 1 is 1.21 bits per heavy atom. The summed E-state index contributed by atoms with van der Waals surface area (Å²) in [6.07, 6.45) is 6.90. The molecule has 0 aromatic heterocycles. The molecule has 1 aromatic rings. The van der Waals surface area contributed by atoms with Gasteiger partial charge >= 0.3 is 0 Å². The van der Waals surface area contributed by atoms with Gasteiger partial charge in [0.15, 0.2) is 6.29 Å². The number of aryl methyl sites for hydroxylation is 2. The van der Waals surface area contributed by atoms with Crippen LogP contribution in [-0.4, -0.2) is 19.4 Å². The number of aldehydes is 1. The van der Waals surface area contributed by atoms with Gasteiger partial charge in [0.2, 0.25) is 0 Å². The summed E-state index contributed by atoms with van der Waals surface area (Å²) in [7, 11) is 0. The van der Waals surface area contributed by atoms with Crippen molar-refractivity contribution in [1.29, 1.82) is 5.26 Å². The summed E-state index contributed by atoms with van der Waals surface area (Å²) in [6, 6.07) is 6.20. The van der Waals surface area contributed by atoms with Crippen LogP contribution in [0.2, 0.25) is 0 Å². The van der Waals surface area contributed by atoms with E-state index in [-0.39, 0.29) is 5.57 Å². The third-order valence-corrected chi connectivity index (χ3v) is 3.93. The Hall–Kier alpha value is -2.08. The van der Waals surface area contributed by atoms with E-state index in [2.05, 4.69) is 17.0 Å². The summed E-state index contributed by atoms with van der Waals surface area (Å²) in [5.41, 5.74) is 5.34. The first-order valence-electron chi connectivity index (χ1n) is 6.79. The van der Waals surface area contributed by atoms with Crippen molar-refractivity contribution in [3.63, 3.8) is 0 Å². The highest BCUT2D eigenvalue weighted by Crippen LogP contribution is 2.36. The van der Waals surface area contributed by atoms with Gasteiger partial charge in [-0.3, -0.25) is 4.79 Å². The fourth-order valence-corrected chi connectivity index (χ4v) is 3.19. The van der Waals surface area contributed by atoms with Gasteiger partial charge in [0, 0.05) is 18.8 Å². The fraction of sp³-hybridized carbons (Fsp3) is 0.375. The average molecular weight is 252 g/mol. The molecule has 3 heteroatoms. The van der Waals surface area contributed by atoms with E-state index in [0.717, 1.165) is 31.5 Å². The molecule has 0 unspecified atom stereocenters. The van der Waals surface area contributed by atoms with Crippen LogP contribution in [0.4, 0.5) is 5.69 Å². The highest BCUT2D eigenvalue weighted by molar-refractivity contribution is 5.87. The molecule has 0 spiro atoms. The smallest absolute Gasteiger partial charge is 0.160 e. The van der Waals surface area contributed by atoms with Crippen LogP contribution in [0.25, 0.3) is 6.08 Å². The molecular formula is C16H16N2O. The molecule has 19 heavy (non-hydrogen) atoms. The number of benzene rings is 1. The van der Waals surface area contributed by atoms with Crippen molar-refractivity contribution in [2.45, 2.75) is 25.7 Å². The van der Waals surface area contributed by atoms with Crippen LogP contribution in [0.15, 0.2) is 17.7 Å². The third-order valence-electron chi connectivity index (χ3n) is 3.93. The SMILES string of the molecule is N#C/C(C=O)=C\c1cc2c3c(c1)CCCN3CCC2. The number of carbonyl (C=O) groups is 1. The molecule has 1 aromatic carbocycles. The summed E-state index contributed by atoms with van der Waals surface area (Å²) in [5.74, 6) is 0. The first kappa shape index (κ1) is 12.0. The first-order valence-corrected chi connectivity index (χ1v) is 6.79. The van der Waals surface area contributed by atoms with Crippen molar-refractivity contribution in [2.75, 3.05) is 18.0 Å². The maximum absolute atomic E-state index is 10.7. The number of nitrogens with zero attached hydrogens (tertiary/aromatic N) is 2. The summed E-state index contributed by atoms with van der Waals surface area (Å²) in [6.45, 7) is 2.32. The van der Waals surface area contributed by atoms with E-state index in [0.29, 0.717) is 6.29 Å². The molecule has 96 valence electrons. The largest absolute Gasteiger partial charge is 0.371 e. The van der Waals surface area contributed by atoms with Crippen LogP contribution in [0, 0.1) is 11.3 Å². The van der Waals surface area contributed by atoms with E-state index < -0.39 is 0 Å². The lowest BCUT2D eigenvalue weighted by atomic mass is 9.90. The predicted molar refractivity (Wildman–Crippen MR) is 75.0 cm³/mol. The lowest BCUT2D eigenvalue weighted by Crippen LogP contribution is -2.34. The first-order chi connectivity index (χ1) is 9.31. The molecule has 2 heterocycles. The van der Waals surface area contributed by atoms with Crippen LogP contribution >= 0.6 is 0 Å². The van der Waals surface area contributed by atoms with Crippen LogP contribution in [0.1, 0.15) is 29.5 Å². The van der Waals surface area contributed by atoms with E-state index >= 15 is 0 Å². The maximum atomic E-state index is 10.7. The lowest BCUT2D eigenvalue weighted by molar-refractivity contribution is -0.104. The molecule has 0 saturated carbocycles. The lowest BCUT2D eigenvalue weighted by Gasteiger charge is -2.37. The zero-order valence-corrected chi connectivity index (χ0v) is 10.9. The second-order valence-electron chi connectivity index (χ2n) is 5.21. The Morgan fingerprint density at radius 3 is 2.37 bits per heavy atom. The molecule has 0 atom stereocenters. The van der Waals surface area contributed by atoms with Gasteiger partial charge in [-0.2, -0.15) is 5.26 Å². The zero-order chi connectivity index (χ0) is 13.2. The Morgan fingerprint density at radius 2 is 1.84 bits per heavy atom. The Bertz CT molecular complexity index is 564. The number of rotatable bonds is 2. The maximum Gasteiger partial charge on any atom is 0.160 e. The van der Waals surface area contributed by atoms with E-state index in [1.54, 1.807) is 6.08 Å². The van der Waals surface area contributed by atoms with Crippen molar-refractivity contribution in [2.24, 2.45) is 0 Å². The van der Waals surface area contributed by atoms with Crippen LogP contribution < -0.4 is 4.90 Å². The molecule has 3 nitrogen and oxygen atoms in total. The van der Waals surface area contributed by atoms with Crippen molar-refractivity contribution in [3.05, 3.63) is 34.4 Å². The predicted octanol–water partition coefficient (Wildman–Crippen LogP) is 2.49. The molecule has 2 aliphatic heterocycles. The molecular weight excluding hydrogens is 236 g/mol. The standard InChI is InChI=1S/C16H16N2O/c17-10-13(11-19)7-12-8-14-3-1-5-18-6-2-4-15(9-12)16(14)18/h7-9,11H,1-6H2/b13-7+. The van der Waals surface area contributed by atoms with E-state index in [1.165, 1.54) is 29.7 Å². The summed E-state index contributed by atoms with van der Waals surface area (Å²) in [5, 5.41) is 8.85. The van der Waals surface area contributed by atoms with Gasteiger partial charge in [-0.1, -0.05) is 0 Å². The Kier molecular flexibility index (Phi) is 3.08. The van der Waals surface area contributed by atoms with Gasteiger partial charge in [-0.25, -0.2) is 0 Å². The summed E-state index contributed by atoms with van der Waals surface area (Å²) in [4.78, 5) is 13.2. The fourth-order valence-electron chi connectivity index (χ4n) is 3.19. The minimum atomic E-state index is 0.190. The minimum absolute atomic E-state index is 0.190. The van der Waals surface area contributed by atoms with Crippen LogP contribution in [0.3, 0.4) is 0 Å². The summed E-state index contributed by atoms with van der Waals surface area (Å²) < 4.78 is 0. The molecule has 0 bridgehead atoms. The molecule has 0 saturated heterocycles. The highest BCUT2D eigenvalue weighted by atomic mass is 16.1. The summed E-state index contributed by atoms with van der Waals surface area (Å²) >= 11 is 0. The topological polar surface area (TPSA) is 44.1 Å². The molecule has 0 fully saturated rings. The molecule has 0 aliphatic carbocycles. The van der Waals surface area contributed by atoms with Gasteiger partial charge in [0.05, 0.1) is 5.57 Å². The van der Waals surface area contributed by atoms with Crippen molar-refractivity contribution in [3.8, 4) is 6.07 Å². The van der Waals surface area contributed by atoms with Gasteiger partial charge in [0.1, 0.15) is 6.07 Å². The van der Waals surface area contributed by atoms with Gasteiger partial charge in [-0.15, -0.1) is 0 Å². The third kappa shape index (κ3) is 2.15. The molecule has 0 N–H and O–H groups in total. The monoisotopic (exact) mass is 252 g/mol. The number of hydrogen-bond donors (Lipinski definition) is 0. The Balaban J connectivity index is 2.09. The highest BCUT2D eigenvalue weighted by Gasteiger charge is 2.23. The number of hydrogen-bond acceptors (Lipinski definition) is 3. The molecule has 2 aliphatic rings. The van der Waals surface area contributed by atoms with Crippen LogP contribution in [-0.2, 0) is 17.6 Å². The minimum Gasteiger partial charge on any atom is -0.371 e. The van der Waals surface area contributed by atoms with E-state index in [1.807, 2.05) is 6.07 Å². The number of anilines is 1. The van der Waals surface area contributed by atoms with Gasteiger partial charge < -0.3 is 4.90 Å². The average Bonchev–Trinajstić information content (AvgIpc) is 2.45. The van der Waals surface area contributed by atoms with Crippen molar-refractivity contribution in [1.82, 2.24) is 0 Å². The van der Waals surface area contributed by atoms with E-state index in [9.17, 15) is 4.79 Å². The zero-order valence-electron chi connectivity index (χ0n) is 10.9. The number of nitriles is 1. The normalized spacial score (nSPS) is 17.6. The van der Waals surface area contributed by atoms with Crippen molar-refractivity contribution < 1.29 is 4.79 Å². The van der Waals surface area contributed by atoms with Crippen molar-refractivity contribution >= 4 is 18.0 Å². The van der Waals surface area contributed by atoms with Gasteiger partial charge in [0.25, 0.3) is 0 Å². The number of carbonyl (C=O) groups excluding carboxylic acids is 1. The Labute approximate surface area is 113 Å². The van der Waals surface area contributed by atoms with Gasteiger partial charge in [-0.05, 0) is 60.6 Å². The second kappa shape index (κ2) is 4.89. The van der Waals surface area contributed by atoms with E-state index in [4.69, 9.17) is 5.26 Å². The quantitative estimate of drug-likeness (QED) is 0.461. The van der Waals surface area contributed by atoms with Crippen LogP contribution in [0.5, 0.6) is 0 Å². The number of allylic oxidation sites excluding steroid dienone is 1. The molecule has 0 radical (unpaired) electrons. The molecule has 0 amide bonds. The second-order valence-corrected chi connectivity index (χ2v) is 5.21. The molecule has 3 rings (SSSR count).